The number of aromatic nitrogens is 2. The van der Waals surface area contributed by atoms with Crippen LogP contribution in [0.2, 0.25) is 0 Å². The summed E-state index contributed by atoms with van der Waals surface area (Å²) in [5.74, 6) is 0.144. The molecule has 2 N–H and O–H groups in total. The Kier molecular flexibility index (Phi) is 2.62. The maximum absolute atomic E-state index is 11.4. The van der Waals surface area contributed by atoms with E-state index in [9.17, 15) is 4.79 Å². The first kappa shape index (κ1) is 10.0. The standard InChI is InChI=1S/C10H15N3O2/c1-2-15-10(14)8-6-9(11)13(12-8)7-4-3-5-7/h6-7H,2-5,11H2,1H3. The highest BCUT2D eigenvalue weighted by atomic mass is 16.5. The molecule has 15 heavy (non-hydrogen) atoms. The molecule has 1 saturated carbocycles. The van der Waals surface area contributed by atoms with E-state index in [1.807, 2.05) is 0 Å². The lowest BCUT2D eigenvalue weighted by molar-refractivity contribution is 0.0517. The summed E-state index contributed by atoms with van der Waals surface area (Å²) in [6, 6.07) is 1.95. The summed E-state index contributed by atoms with van der Waals surface area (Å²) >= 11 is 0. The third-order valence-corrected chi connectivity index (χ3v) is 2.67. The fourth-order valence-corrected chi connectivity index (χ4v) is 1.64. The molecule has 0 unspecified atom stereocenters. The molecule has 0 spiro atoms. The Hall–Kier alpha value is -1.52. The number of nitrogens with two attached hydrogens (primary N) is 1. The third kappa shape index (κ3) is 1.82. The zero-order valence-electron chi connectivity index (χ0n) is 8.77. The molecule has 2 rings (SSSR count). The van der Waals surface area contributed by atoms with Gasteiger partial charge in [-0.05, 0) is 26.2 Å². The Labute approximate surface area is 88.2 Å². The van der Waals surface area contributed by atoms with Crippen molar-refractivity contribution in [3.8, 4) is 0 Å². The van der Waals surface area contributed by atoms with Crippen LogP contribution < -0.4 is 5.73 Å². The van der Waals surface area contributed by atoms with Crippen LogP contribution in [0, 0.1) is 0 Å². The SMILES string of the molecule is CCOC(=O)c1cc(N)n(C2CCC2)n1. The first-order valence-corrected chi connectivity index (χ1v) is 5.24. The largest absolute Gasteiger partial charge is 0.461 e. The Morgan fingerprint density at radius 2 is 2.47 bits per heavy atom. The zero-order valence-corrected chi connectivity index (χ0v) is 8.77. The Morgan fingerprint density at radius 3 is 3.00 bits per heavy atom. The van der Waals surface area contributed by atoms with E-state index in [0.29, 0.717) is 24.2 Å². The number of nitrogens with zero attached hydrogens (tertiary/aromatic N) is 2. The molecule has 0 radical (unpaired) electrons. The number of nitrogen functional groups attached to an aromatic ring is 1. The number of rotatable bonds is 3. The van der Waals surface area contributed by atoms with Crippen LogP contribution in [-0.2, 0) is 4.74 Å². The maximum Gasteiger partial charge on any atom is 0.358 e. The van der Waals surface area contributed by atoms with Crippen molar-refractivity contribution in [2.75, 3.05) is 12.3 Å². The van der Waals surface area contributed by atoms with Gasteiger partial charge < -0.3 is 10.5 Å². The van der Waals surface area contributed by atoms with E-state index < -0.39 is 5.97 Å². The van der Waals surface area contributed by atoms with Gasteiger partial charge in [0, 0.05) is 6.07 Å². The molecule has 0 aliphatic heterocycles. The van der Waals surface area contributed by atoms with Gasteiger partial charge in [-0.3, -0.25) is 0 Å². The van der Waals surface area contributed by atoms with Crippen molar-refractivity contribution in [1.82, 2.24) is 9.78 Å². The van der Waals surface area contributed by atoms with Gasteiger partial charge in [-0.1, -0.05) is 0 Å². The molecule has 5 nitrogen and oxygen atoms in total. The minimum Gasteiger partial charge on any atom is -0.461 e. The van der Waals surface area contributed by atoms with E-state index >= 15 is 0 Å². The Morgan fingerprint density at radius 1 is 1.73 bits per heavy atom. The van der Waals surface area contributed by atoms with Gasteiger partial charge in [-0.25, -0.2) is 9.48 Å². The van der Waals surface area contributed by atoms with Crippen LogP contribution in [0.15, 0.2) is 6.07 Å². The van der Waals surface area contributed by atoms with Crippen LogP contribution in [0.4, 0.5) is 5.82 Å². The summed E-state index contributed by atoms with van der Waals surface area (Å²) in [4.78, 5) is 11.4. The van der Waals surface area contributed by atoms with Crippen molar-refractivity contribution >= 4 is 11.8 Å². The van der Waals surface area contributed by atoms with Crippen molar-refractivity contribution in [1.29, 1.82) is 0 Å². The summed E-state index contributed by atoms with van der Waals surface area (Å²) in [5.41, 5.74) is 6.09. The highest BCUT2D eigenvalue weighted by Gasteiger charge is 2.24. The van der Waals surface area contributed by atoms with E-state index in [1.165, 1.54) is 6.42 Å². The number of ether oxygens (including phenoxy) is 1. The number of hydrogen-bond acceptors (Lipinski definition) is 4. The topological polar surface area (TPSA) is 70.1 Å². The third-order valence-electron chi connectivity index (χ3n) is 2.67. The van der Waals surface area contributed by atoms with Crippen molar-refractivity contribution in [2.24, 2.45) is 0 Å². The molecule has 0 bridgehead atoms. The minimum atomic E-state index is -0.401. The molecule has 1 aliphatic carbocycles. The highest BCUT2D eigenvalue weighted by Crippen LogP contribution is 2.32. The molecule has 1 heterocycles. The molecule has 0 atom stereocenters. The fraction of sp³-hybridized carbons (Fsp3) is 0.600. The van der Waals surface area contributed by atoms with E-state index in [0.717, 1.165) is 12.8 Å². The average Bonchev–Trinajstić information content (AvgIpc) is 2.46. The first-order chi connectivity index (χ1) is 7.22. The van der Waals surface area contributed by atoms with Gasteiger partial charge >= 0.3 is 5.97 Å². The van der Waals surface area contributed by atoms with E-state index in [4.69, 9.17) is 10.5 Å². The van der Waals surface area contributed by atoms with Crippen LogP contribution in [0.5, 0.6) is 0 Å². The average molecular weight is 209 g/mol. The normalized spacial score (nSPS) is 16.1. The fourth-order valence-electron chi connectivity index (χ4n) is 1.64. The summed E-state index contributed by atoms with van der Waals surface area (Å²) in [7, 11) is 0. The van der Waals surface area contributed by atoms with E-state index in [2.05, 4.69) is 5.10 Å². The molecule has 0 aromatic carbocycles. The van der Waals surface area contributed by atoms with Crippen LogP contribution >= 0.6 is 0 Å². The number of anilines is 1. The van der Waals surface area contributed by atoms with Crippen LogP contribution in [0.25, 0.3) is 0 Å². The minimum absolute atomic E-state index is 0.307. The zero-order chi connectivity index (χ0) is 10.8. The lowest BCUT2D eigenvalue weighted by Gasteiger charge is -2.26. The lowest BCUT2D eigenvalue weighted by Crippen LogP contribution is -2.20. The number of carbonyl (C=O) groups excluding carboxylic acids is 1. The van der Waals surface area contributed by atoms with Gasteiger partial charge in [0.15, 0.2) is 5.69 Å². The smallest absolute Gasteiger partial charge is 0.358 e. The van der Waals surface area contributed by atoms with Crippen molar-refractivity contribution < 1.29 is 9.53 Å². The monoisotopic (exact) mass is 209 g/mol. The van der Waals surface area contributed by atoms with E-state index in [-0.39, 0.29) is 0 Å². The molecule has 1 fully saturated rings. The predicted octanol–water partition coefficient (Wildman–Crippen LogP) is 1.37. The first-order valence-electron chi connectivity index (χ1n) is 5.24. The molecule has 0 amide bonds. The van der Waals surface area contributed by atoms with Crippen LogP contribution in [0.3, 0.4) is 0 Å². The second-order valence-corrected chi connectivity index (χ2v) is 3.70. The molecular weight excluding hydrogens is 194 g/mol. The Balaban J connectivity index is 2.16. The molecule has 1 aliphatic rings. The second-order valence-electron chi connectivity index (χ2n) is 3.70. The maximum atomic E-state index is 11.4. The molecule has 1 aromatic rings. The van der Waals surface area contributed by atoms with Crippen LogP contribution in [0.1, 0.15) is 42.7 Å². The summed E-state index contributed by atoms with van der Waals surface area (Å²) in [6.07, 6.45) is 3.39. The number of carbonyl (C=O) groups is 1. The lowest BCUT2D eigenvalue weighted by atomic mass is 9.93. The van der Waals surface area contributed by atoms with Gasteiger partial charge in [0.1, 0.15) is 5.82 Å². The van der Waals surface area contributed by atoms with Crippen LogP contribution in [-0.4, -0.2) is 22.4 Å². The van der Waals surface area contributed by atoms with Gasteiger partial charge in [-0.2, -0.15) is 5.10 Å². The van der Waals surface area contributed by atoms with Gasteiger partial charge in [-0.15, -0.1) is 0 Å². The summed E-state index contributed by atoms with van der Waals surface area (Å²) in [6.45, 7) is 2.12. The quantitative estimate of drug-likeness (QED) is 0.763. The number of hydrogen-bond donors (Lipinski definition) is 1. The number of esters is 1. The predicted molar refractivity (Wildman–Crippen MR) is 55.5 cm³/mol. The molecular formula is C10H15N3O2. The summed E-state index contributed by atoms with van der Waals surface area (Å²) in [5, 5.41) is 4.17. The molecule has 1 aromatic heterocycles. The van der Waals surface area contributed by atoms with Crippen molar-refractivity contribution in [2.45, 2.75) is 32.2 Å². The van der Waals surface area contributed by atoms with Crippen molar-refractivity contribution in [3.05, 3.63) is 11.8 Å². The second kappa shape index (κ2) is 3.92. The van der Waals surface area contributed by atoms with E-state index in [1.54, 1.807) is 17.7 Å². The van der Waals surface area contributed by atoms with Gasteiger partial charge in [0.2, 0.25) is 0 Å². The summed E-state index contributed by atoms with van der Waals surface area (Å²) < 4.78 is 6.59. The van der Waals surface area contributed by atoms with Gasteiger partial charge in [0.25, 0.3) is 0 Å². The van der Waals surface area contributed by atoms with Crippen molar-refractivity contribution in [3.63, 3.8) is 0 Å². The highest BCUT2D eigenvalue weighted by molar-refractivity contribution is 5.88. The molecule has 5 heteroatoms. The Bertz CT molecular complexity index is 369. The van der Waals surface area contributed by atoms with Gasteiger partial charge in [0.05, 0.1) is 12.6 Å². The molecule has 0 saturated heterocycles. The molecule has 82 valence electrons.